The minimum Gasteiger partial charge on any atom is -0.314 e. The van der Waals surface area contributed by atoms with E-state index in [2.05, 4.69) is 10.3 Å². The highest BCUT2D eigenvalue weighted by atomic mass is 16.1. The summed E-state index contributed by atoms with van der Waals surface area (Å²) in [6, 6.07) is 11.2. The van der Waals surface area contributed by atoms with E-state index >= 15 is 0 Å². The number of hydrogen-bond donors (Lipinski definition) is 1. The highest BCUT2D eigenvalue weighted by Gasteiger charge is 1.96. The molecule has 0 aromatic carbocycles. The average Bonchev–Trinajstić information content (AvgIpc) is 2.37. The van der Waals surface area contributed by atoms with Crippen molar-refractivity contribution < 1.29 is 0 Å². The molecule has 0 atom stereocenters. The number of nitrogens with one attached hydrogen (secondary N) is 1. The van der Waals surface area contributed by atoms with Crippen LogP contribution in [-0.2, 0) is 13.1 Å². The van der Waals surface area contributed by atoms with Gasteiger partial charge < -0.3 is 9.88 Å². The molecule has 0 saturated carbocycles. The summed E-state index contributed by atoms with van der Waals surface area (Å²) in [7, 11) is 0. The van der Waals surface area contributed by atoms with Crippen LogP contribution in [0.25, 0.3) is 0 Å². The normalized spacial score (nSPS) is 10.5. The third kappa shape index (κ3) is 3.53. The summed E-state index contributed by atoms with van der Waals surface area (Å²) in [5.41, 5.74) is 2.08. The monoisotopic (exact) mass is 243 g/mol. The zero-order chi connectivity index (χ0) is 12.8. The van der Waals surface area contributed by atoms with Crippen molar-refractivity contribution in [2.75, 3.05) is 6.54 Å². The molecule has 2 aromatic heterocycles. The van der Waals surface area contributed by atoms with E-state index in [1.807, 2.05) is 31.2 Å². The number of rotatable bonds is 5. The standard InChI is InChI=1S/C14H17N3O/c1-12-5-4-6-13(16-12)11-15-8-10-17-9-3-2-7-14(17)18/h2-7,9,15H,8,10-11H2,1H3. The molecule has 0 spiro atoms. The minimum absolute atomic E-state index is 0.0352. The van der Waals surface area contributed by atoms with Gasteiger partial charge >= 0.3 is 0 Å². The molecule has 1 N–H and O–H groups in total. The summed E-state index contributed by atoms with van der Waals surface area (Å²) in [5.74, 6) is 0. The Hall–Kier alpha value is -1.94. The van der Waals surface area contributed by atoms with Crippen LogP contribution in [0.4, 0.5) is 0 Å². The van der Waals surface area contributed by atoms with Crippen LogP contribution in [0.15, 0.2) is 47.4 Å². The van der Waals surface area contributed by atoms with Gasteiger partial charge in [-0.05, 0) is 25.1 Å². The maximum absolute atomic E-state index is 11.5. The first-order valence-electron chi connectivity index (χ1n) is 6.04. The molecule has 0 fully saturated rings. The van der Waals surface area contributed by atoms with E-state index in [0.717, 1.165) is 24.5 Å². The Balaban J connectivity index is 1.80. The molecule has 2 heterocycles. The van der Waals surface area contributed by atoms with Crippen molar-refractivity contribution >= 4 is 0 Å². The molecule has 0 saturated heterocycles. The van der Waals surface area contributed by atoms with Crippen molar-refractivity contribution in [3.05, 3.63) is 64.3 Å². The highest BCUT2D eigenvalue weighted by molar-refractivity contribution is 5.09. The van der Waals surface area contributed by atoms with Gasteiger partial charge in [-0.25, -0.2) is 0 Å². The van der Waals surface area contributed by atoms with Gasteiger partial charge in [-0.3, -0.25) is 9.78 Å². The molecular formula is C14H17N3O. The smallest absolute Gasteiger partial charge is 0.250 e. The lowest BCUT2D eigenvalue weighted by Gasteiger charge is -2.07. The topological polar surface area (TPSA) is 46.9 Å². The maximum Gasteiger partial charge on any atom is 0.250 e. The van der Waals surface area contributed by atoms with E-state index in [-0.39, 0.29) is 5.56 Å². The van der Waals surface area contributed by atoms with E-state index in [0.29, 0.717) is 6.54 Å². The van der Waals surface area contributed by atoms with Gasteiger partial charge in [0, 0.05) is 37.6 Å². The first-order valence-corrected chi connectivity index (χ1v) is 6.04. The lowest BCUT2D eigenvalue weighted by molar-refractivity contribution is 0.580. The average molecular weight is 243 g/mol. The van der Waals surface area contributed by atoms with E-state index in [4.69, 9.17) is 0 Å². The molecule has 2 rings (SSSR count). The SMILES string of the molecule is Cc1cccc(CNCCn2ccccc2=O)n1. The van der Waals surface area contributed by atoms with E-state index in [1.54, 1.807) is 22.9 Å². The number of aromatic nitrogens is 2. The molecule has 0 radical (unpaired) electrons. The minimum atomic E-state index is 0.0352. The third-order valence-electron chi connectivity index (χ3n) is 2.68. The van der Waals surface area contributed by atoms with Gasteiger partial charge in [0.05, 0.1) is 5.69 Å². The van der Waals surface area contributed by atoms with Crippen molar-refractivity contribution in [1.29, 1.82) is 0 Å². The lowest BCUT2D eigenvalue weighted by Crippen LogP contribution is -2.26. The largest absolute Gasteiger partial charge is 0.314 e. The van der Waals surface area contributed by atoms with Crippen LogP contribution in [0.1, 0.15) is 11.4 Å². The van der Waals surface area contributed by atoms with Crippen LogP contribution in [0.3, 0.4) is 0 Å². The number of aryl methyl sites for hydroxylation is 1. The fraction of sp³-hybridized carbons (Fsp3) is 0.286. The summed E-state index contributed by atoms with van der Waals surface area (Å²) in [6.07, 6.45) is 1.80. The Morgan fingerprint density at radius 3 is 2.89 bits per heavy atom. The second-order valence-electron chi connectivity index (χ2n) is 4.18. The second-order valence-corrected chi connectivity index (χ2v) is 4.18. The predicted molar refractivity (Wildman–Crippen MR) is 71.4 cm³/mol. The summed E-state index contributed by atoms with van der Waals surface area (Å²) in [5, 5.41) is 3.28. The van der Waals surface area contributed by atoms with Crippen molar-refractivity contribution in [3.63, 3.8) is 0 Å². The Bertz CT molecular complexity index is 563. The van der Waals surface area contributed by atoms with Gasteiger partial charge in [0.25, 0.3) is 5.56 Å². The fourth-order valence-electron chi connectivity index (χ4n) is 1.76. The van der Waals surface area contributed by atoms with Crippen molar-refractivity contribution in [3.8, 4) is 0 Å². The van der Waals surface area contributed by atoms with Crippen molar-refractivity contribution in [1.82, 2.24) is 14.9 Å². The van der Waals surface area contributed by atoms with Gasteiger partial charge in [0.2, 0.25) is 0 Å². The van der Waals surface area contributed by atoms with Gasteiger partial charge in [-0.1, -0.05) is 12.1 Å². The summed E-state index contributed by atoms with van der Waals surface area (Å²) >= 11 is 0. The first-order chi connectivity index (χ1) is 8.75. The molecule has 0 amide bonds. The molecular weight excluding hydrogens is 226 g/mol. The molecule has 2 aromatic rings. The van der Waals surface area contributed by atoms with Gasteiger partial charge in [0.1, 0.15) is 0 Å². The molecule has 94 valence electrons. The molecule has 0 aliphatic rings. The zero-order valence-corrected chi connectivity index (χ0v) is 10.5. The van der Waals surface area contributed by atoms with E-state index in [9.17, 15) is 4.79 Å². The van der Waals surface area contributed by atoms with Gasteiger partial charge in [0.15, 0.2) is 0 Å². The third-order valence-corrected chi connectivity index (χ3v) is 2.68. The fourth-order valence-corrected chi connectivity index (χ4v) is 1.76. The molecule has 0 unspecified atom stereocenters. The Labute approximate surface area is 106 Å². The Morgan fingerprint density at radius 1 is 1.22 bits per heavy atom. The van der Waals surface area contributed by atoms with Gasteiger partial charge in [-0.15, -0.1) is 0 Å². The lowest BCUT2D eigenvalue weighted by atomic mass is 10.3. The van der Waals surface area contributed by atoms with Crippen LogP contribution >= 0.6 is 0 Å². The summed E-state index contributed by atoms with van der Waals surface area (Å²) in [4.78, 5) is 15.9. The molecule has 0 bridgehead atoms. The van der Waals surface area contributed by atoms with Crippen molar-refractivity contribution in [2.45, 2.75) is 20.0 Å². The van der Waals surface area contributed by atoms with Crippen LogP contribution in [0.2, 0.25) is 0 Å². The molecule has 4 nitrogen and oxygen atoms in total. The number of nitrogens with zero attached hydrogens (tertiary/aromatic N) is 2. The molecule has 18 heavy (non-hydrogen) atoms. The van der Waals surface area contributed by atoms with E-state index < -0.39 is 0 Å². The summed E-state index contributed by atoms with van der Waals surface area (Å²) < 4.78 is 1.69. The quantitative estimate of drug-likeness (QED) is 0.806. The number of pyridine rings is 2. The van der Waals surface area contributed by atoms with Gasteiger partial charge in [-0.2, -0.15) is 0 Å². The van der Waals surface area contributed by atoms with Crippen LogP contribution in [-0.4, -0.2) is 16.1 Å². The Kier molecular flexibility index (Phi) is 4.25. The summed E-state index contributed by atoms with van der Waals surface area (Å²) in [6.45, 7) is 4.13. The van der Waals surface area contributed by atoms with Crippen molar-refractivity contribution in [2.24, 2.45) is 0 Å². The van der Waals surface area contributed by atoms with Crippen LogP contribution in [0.5, 0.6) is 0 Å². The van der Waals surface area contributed by atoms with Crippen LogP contribution < -0.4 is 10.9 Å². The highest BCUT2D eigenvalue weighted by Crippen LogP contribution is 1.97. The second kappa shape index (κ2) is 6.12. The van der Waals surface area contributed by atoms with Crippen LogP contribution in [0, 0.1) is 6.92 Å². The molecule has 0 aliphatic heterocycles. The number of hydrogen-bond acceptors (Lipinski definition) is 3. The molecule has 0 aliphatic carbocycles. The first kappa shape index (κ1) is 12.5. The molecule has 4 heteroatoms. The zero-order valence-electron chi connectivity index (χ0n) is 10.5. The predicted octanol–water partition coefficient (Wildman–Crippen LogP) is 1.34. The Morgan fingerprint density at radius 2 is 2.11 bits per heavy atom. The van der Waals surface area contributed by atoms with E-state index in [1.165, 1.54) is 0 Å². The maximum atomic E-state index is 11.5.